The topological polar surface area (TPSA) is 63.4 Å². The summed E-state index contributed by atoms with van der Waals surface area (Å²) in [5.74, 6) is 0.442. The third kappa shape index (κ3) is 3.79. The Morgan fingerprint density at radius 3 is 2.68 bits per heavy atom. The maximum Gasteiger partial charge on any atom is 0.333 e. The highest BCUT2D eigenvalue weighted by molar-refractivity contribution is 9.10. The zero-order valence-electron chi connectivity index (χ0n) is 14.0. The molecular weight excluding hydrogens is 384 g/mol. The van der Waals surface area contributed by atoms with Crippen molar-refractivity contribution in [2.75, 3.05) is 19.0 Å². The molecular formula is C19H19BrN2O3. The first kappa shape index (κ1) is 17.4. The van der Waals surface area contributed by atoms with Gasteiger partial charge in [-0.15, -0.1) is 0 Å². The molecule has 0 fully saturated rings. The zero-order valence-corrected chi connectivity index (χ0v) is 15.6. The molecule has 1 heterocycles. The molecule has 0 saturated carbocycles. The Bertz CT molecular complexity index is 874. The molecule has 1 aromatic heterocycles. The van der Waals surface area contributed by atoms with Gasteiger partial charge in [-0.05, 0) is 43.3 Å². The Hall–Kier alpha value is -2.47. The van der Waals surface area contributed by atoms with Crippen molar-refractivity contribution in [1.82, 2.24) is 4.98 Å². The average molecular weight is 403 g/mol. The van der Waals surface area contributed by atoms with Crippen LogP contribution in [-0.4, -0.2) is 24.7 Å². The molecule has 130 valence electrons. The van der Waals surface area contributed by atoms with E-state index in [4.69, 9.17) is 9.47 Å². The molecule has 3 aromatic rings. The van der Waals surface area contributed by atoms with Crippen LogP contribution in [0.2, 0.25) is 0 Å². The van der Waals surface area contributed by atoms with Gasteiger partial charge >= 0.3 is 5.97 Å². The number of esters is 1. The lowest BCUT2D eigenvalue weighted by atomic mass is 10.1. The summed E-state index contributed by atoms with van der Waals surface area (Å²) in [4.78, 5) is 15.8. The van der Waals surface area contributed by atoms with Crippen LogP contribution in [0.1, 0.15) is 18.5 Å². The monoisotopic (exact) mass is 402 g/mol. The van der Waals surface area contributed by atoms with Crippen LogP contribution < -0.4 is 10.1 Å². The van der Waals surface area contributed by atoms with Gasteiger partial charge in [0, 0.05) is 32.8 Å². The summed E-state index contributed by atoms with van der Waals surface area (Å²) in [6, 6.07) is 12.7. The number of fused-ring (bicyclic) bond motifs is 1. The molecule has 6 heteroatoms. The maximum absolute atomic E-state index is 12.5. The number of carbonyl (C=O) groups is 1. The van der Waals surface area contributed by atoms with Gasteiger partial charge in [0.15, 0.2) is 6.04 Å². The van der Waals surface area contributed by atoms with Crippen LogP contribution in [0.15, 0.2) is 53.1 Å². The Labute approximate surface area is 154 Å². The molecule has 0 saturated heterocycles. The predicted octanol–water partition coefficient (Wildman–Crippen LogP) is 4.66. The summed E-state index contributed by atoms with van der Waals surface area (Å²) in [5, 5.41) is 4.24. The van der Waals surface area contributed by atoms with Crippen molar-refractivity contribution in [3.8, 4) is 5.75 Å². The van der Waals surface area contributed by atoms with Crippen molar-refractivity contribution < 1.29 is 14.3 Å². The highest BCUT2D eigenvalue weighted by atomic mass is 79.9. The van der Waals surface area contributed by atoms with Crippen LogP contribution >= 0.6 is 15.9 Å². The number of ether oxygens (including phenoxy) is 2. The van der Waals surface area contributed by atoms with Crippen LogP contribution in [0.25, 0.3) is 10.9 Å². The highest BCUT2D eigenvalue weighted by Crippen LogP contribution is 2.30. The van der Waals surface area contributed by atoms with Crippen molar-refractivity contribution in [2.45, 2.75) is 13.0 Å². The van der Waals surface area contributed by atoms with E-state index < -0.39 is 6.04 Å². The summed E-state index contributed by atoms with van der Waals surface area (Å²) in [5.41, 5.74) is 2.61. The van der Waals surface area contributed by atoms with E-state index in [1.165, 1.54) is 0 Å². The first-order valence-corrected chi connectivity index (χ1v) is 8.75. The number of methoxy groups -OCH3 is 1. The number of H-pyrrole nitrogens is 1. The second-order valence-electron chi connectivity index (χ2n) is 5.49. The molecule has 0 amide bonds. The number of aromatic amines is 1. The van der Waals surface area contributed by atoms with Crippen molar-refractivity contribution in [3.63, 3.8) is 0 Å². The van der Waals surface area contributed by atoms with Gasteiger partial charge in [0.05, 0.1) is 13.7 Å². The standard InChI is InChI=1S/C19H19BrN2O3/c1-3-25-19(23)18(22-13-5-7-14(24-2)8-6-13)16-11-21-17-10-12(20)4-9-15(16)17/h4-11,18,21-22H,3H2,1-2H3. The minimum absolute atomic E-state index is 0.317. The molecule has 0 aliphatic rings. The van der Waals surface area contributed by atoms with Gasteiger partial charge in [0.1, 0.15) is 5.75 Å². The smallest absolute Gasteiger partial charge is 0.333 e. The Morgan fingerprint density at radius 1 is 1.24 bits per heavy atom. The van der Waals surface area contributed by atoms with Gasteiger partial charge < -0.3 is 19.8 Å². The Kier molecular flexibility index (Phi) is 5.28. The van der Waals surface area contributed by atoms with Gasteiger partial charge in [0.2, 0.25) is 0 Å². The summed E-state index contributed by atoms with van der Waals surface area (Å²) in [6.07, 6.45) is 1.84. The third-order valence-corrected chi connectivity index (χ3v) is 4.40. The van der Waals surface area contributed by atoms with Gasteiger partial charge in [-0.3, -0.25) is 0 Å². The first-order chi connectivity index (χ1) is 12.1. The number of nitrogens with one attached hydrogen (secondary N) is 2. The van der Waals surface area contributed by atoms with E-state index in [1.807, 2.05) is 48.7 Å². The summed E-state index contributed by atoms with van der Waals surface area (Å²) in [6.45, 7) is 2.13. The molecule has 0 aliphatic carbocycles. The molecule has 0 spiro atoms. The number of aromatic nitrogens is 1. The molecule has 3 rings (SSSR count). The van der Waals surface area contributed by atoms with E-state index in [0.717, 1.165) is 32.4 Å². The van der Waals surface area contributed by atoms with E-state index in [0.29, 0.717) is 6.61 Å². The third-order valence-electron chi connectivity index (χ3n) is 3.91. The fourth-order valence-electron chi connectivity index (χ4n) is 2.70. The fraction of sp³-hybridized carbons (Fsp3) is 0.211. The van der Waals surface area contributed by atoms with Gasteiger partial charge in [-0.1, -0.05) is 22.0 Å². The van der Waals surface area contributed by atoms with Crippen LogP contribution in [0.3, 0.4) is 0 Å². The number of hydrogen-bond donors (Lipinski definition) is 2. The van der Waals surface area contributed by atoms with Crippen LogP contribution in [0, 0.1) is 0 Å². The number of benzene rings is 2. The average Bonchev–Trinajstić information content (AvgIpc) is 3.03. The number of hydrogen-bond acceptors (Lipinski definition) is 4. The van der Waals surface area contributed by atoms with Crippen molar-refractivity contribution in [2.24, 2.45) is 0 Å². The van der Waals surface area contributed by atoms with Gasteiger partial charge in [-0.2, -0.15) is 0 Å². The molecule has 5 nitrogen and oxygen atoms in total. The van der Waals surface area contributed by atoms with Gasteiger partial charge in [0.25, 0.3) is 0 Å². The Morgan fingerprint density at radius 2 is 2.00 bits per heavy atom. The minimum Gasteiger partial charge on any atom is -0.497 e. The molecule has 2 aromatic carbocycles. The molecule has 0 bridgehead atoms. The second kappa shape index (κ2) is 7.61. The summed E-state index contributed by atoms with van der Waals surface area (Å²) >= 11 is 3.46. The van der Waals surface area contributed by atoms with Crippen LogP contribution in [0.4, 0.5) is 5.69 Å². The largest absolute Gasteiger partial charge is 0.497 e. The SMILES string of the molecule is CCOC(=O)C(Nc1ccc(OC)cc1)c1c[nH]c2cc(Br)ccc12. The Balaban J connectivity index is 1.96. The zero-order chi connectivity index (χ0) is 17.8. The molecule has 1 unspecified atom stereocenters. The highest BCUT2D eigenvalue weighted by Gasteiger charge is 2.25. The number of anilines is 1. The van der Waals surface area contributed by atoms with Gasteiger partial charge in [-0.25, -0.2) is 4.79 Å². The summed E-state index contributed by atoms with van der Waals surface area (Å²) in [7, 11) is 1.62. The second-order valence-corrected chi connectivity index (χ2v) is 6.41. The normalized spacial score (nSPS) is 12.0. The lowest BCUT2D eigenvalue weighted by molar-refractivity contribution is -0.144. The van der Waals surface area contributed by atoms with E-state index in [-0.39, 0.29) is 5.97 Å². The molecule has 0 radical (unpaired) electrons. The van der Waals surface area contributed by atoms with Crippen LogP contribution in [0.5, 0.6) is 5.75 Å². The molecule has 2 N–H and O–H groups in total. The van der Waals surface area contributed by atoms with Crippen molar-refractivity contribution in [3.05, 3.63) is 58.7 Å². The van der Waals surface area contributed by atoms with E-state index in [2.05, 4.69) is 26.2 Å². The van der Waals surface area contributed by atoms with Crippen molar-refractivity contribution >= 4 is 38.5 Å². The number of carbonyl (C=O) groups excluding carboxylic acids is 1. The van der Waals surface area contributed by atoms with E-state index in [1.54, 1.807) is 14.0 Å². The maximum atomic E-state index is 12.5. The number of halogens is 1. The molecule has 0 aliphatic heterocycles. The predicted molar refractivity (Wildman–Crippen MR) is 102 cm³/mol. The quantitative estimate of drug-likeness (QED) is 0.588. The summed E-state index contributed by atoms with van der Waals surface area (Å²) < 4.78 is 11.4. The fourth-order valence-corrected chi connectivity index (χ4v) is 3.06. The van der Waals surface area contributed by atoms with E-state index in [9.17, 15) is 4.79 Å². The molecule has 25 heavy (non-hydrogen) atoms. The van der Waals surface area contributed by atoms with Crippen LogP contribution in [-0.2, 0) is 9.53 Å². The lowest BCUT2D eigenvalue weighted by Crippen LogP contribution is -2.23. The minimum atomic E-state index is -0.608. The van der Waals surface area contributed by atoms with Crippen molar-refractivity contribution in [1.29, 1.82) is 0 Å². The number of rotatable bonds is 6. The van der Waals surface area contributed by atoms with E-state index >= 15 is 0 Å². The first-order valence-electron chi connectivity index (χ1n) is 7.96. The lowest BCUT2D eigenvalue weighted by Gasteiger charge is -2.18. The molecule has 1 atom stereocenters.